The normalized spacial score (nSPS) is 12.5. The Hall–Kier alpha value is -2.77. The molecule has 3 N–H and O–H groups in total. The van der Waals surface area contributed by atoms with Crippen LogP contribution in [0.1, 0.15) is 40.2 Å². The molecular formula is C20H31N3O5. The van der Waals surface area contributed by atoms with Crippen LogP contribution in [0.15, 0.2) is 30.3 Å². The van der Waals surface area contributed by atoms with Gasteiger partial charge in [-0.2, -0.15) is 0 Å². The highest BCUT2D eigenvalue weighted by Crippen LogP contribution is 2.21. The van der Waals surface area contributed by atoms with E-state index in [9.17, 15) is 14.4 Å². The lowest BCUT2D eigenvalue weighted by Crippen LogP contribution is -2.57. The lowest BCUT2D eigenvalue weighted by atomic mass is 9.83. The maximum Gasteiger partial charge on any atom is 0.408 e. The van der Waals surface area contributed by atoms with Crippen molar-refractivity contribution in [1.29, 1.82) is 0 Å². The fourth-order valence-corrected chi connectivity index (χ4v) is 2.36. The van der Waals surface area contributed by atoms with Crippen LogP contribution in [0, 0.1) is 5.41 Å². The molecule has 8 nitrogen and oxygen atoms in total. The summed E-state index contributed by atoms with van der Waals surface area (Å²) < 4.78 is 10.4. The first-order chi connectivity index (χ1) is 12.9. The molecule has 0 bridgehead atoms. The number of amides is 3. The number of hydrogen-bond donors (Lipinski definition) is 3. The summed E-state index contributed by atoms with van der Waals surface area (Å²) in [6.07, 6.45) is -1.31. The van der Waals surface area contributed by atoms with Crippen molar-refractivity contribution in [3.63, 3.8) is 0 Å². The van der Waals surface area contributed by atoms with Gasteiger partial charge >= 0.3 is 12.2 Å². The predicted molar refractivity (Wildman–Crippen MR) is 106 cm³/mol. The second kappa shape index (κ2) is 9.96. The number of likely N-dealkylation sites (N-methyl/N-ethyl adjacent to an activating group) is 1. The van der Waals surface area contributed by atoms with E-state index in [1.165, 1.54) is 7.05 Å². The maximum absolute atomic E-state index is 12.3. The third-order valence-corrected chi connectivity index (χ3v) is 3.85. The molecular weight excluding hydrogens is 362 g/mol. The first-order valence-electron chi connectivity index (χ1n) is 9.10. The summed E-state index contributed by atoms with van der Waals surface area (Å²) in [5, 5.41) is 7.74. The molecule has 28 heavy (non-hydrogen) atoms. The van der Waals surface area contributed by atoms with Gasteiger partial charge in [-0.05, 0) is 26.3 Å². The molecule has 0 aliphatic heterocycles. The van der Waals surface area contributed by atoms with E-state index in [0.717, 1.165) is 5.56 Å². The summed E-state index contributed by atoms with van der Waals surface area (Å²) in [4.78, 5) is 36.4. The van der Waals surface area contributed by atoms with Crippen LogP contribution in [0.4, 0.5) is 9.59 Å². The Labute approximate surface area is 166 Å². The minimum atomic E-state index is -0.915. The van der Waals surface area contributed by atoms with Crippen LogP contribution in [-0.2, 0) is 20.9 Å². The van der Waals surface area contributed by atoms with Crippen molar-refractivity contribution in [2.45, 2.75) is 52.9 Å². The summed E-state index contributed by atoms with van der Waals surface area (Å²) in [5.41, 5.74) is -0.629. The molecule has 8 heteroatoms. The zero-order valence-electron chi connectivity index (χ0n) is 17.4. The van der Waals surface area contributed by atoms with Crippen LogP contribution in [0.25, 0.3) is 0 Å². The third-order valence-electron chi connectivity index (χ3n) is 3.85. The van der Waals surface area contributed by atoms with E-state index in [0.29, 0.717) is 0 Å². The summed E-state index contributed by atoms with van der Waals surface area (Å²) in [7, 11) is 1.48. The Bertz CT molecular complexity index is 668. The van der Waals surface area contributed by atoms with E-state index < -0.39 is 35.2 Å². The lowest BCUT2D eigenvalue weighted by Gasteiger charge is -2.34. The molecule has 0 fully saturated rings. The minimum absolute atomic E-state index is 0.106. The van der Waals surface area contributed by atoms with Gasteiger partial charge in [-0.3, -0.25) is 4.79 Å². The van der Waals surface area contributed by atoms with Crippen LogP contribution >= 0.6 is 0 Å². The van der Waals surface area contributed by atoms with Crippen molar-refractivity contribution in [3.8, 4) is 0 Å². The second-order valence-corrected chi connectivity index (χ2v) is 8.10. The van der Waals surface area contributed by atoms with Crippen molar-refractivity contribution in [3.05, 3.63) is 35.9 Å². The molecule has 1 rings (SSSR count). The Morgan fingerprint density at radius 3 is 2.14 bits per heavy atom. The largest absolute Gasteiger partial charge is 0.445 e. The first kappa shape index (κ1) is 23.3. The van der Waals surface area contributed by atoms with Gasteiger partial charge in [0.05, 0.1) is 0 Å². The maximum atomic E-state index is 12.3. The quantitative estimate of drug-likeness (QED) is 0.660. The molecule has 0 aliphatic rings. The average Bonchev–Trinajstić information content (AvgIpc) is 2.61. The third kappa shape index (κ3) is 8.28. The van der Waals surface area contributed by atoms with Crippen LogP contribution in [0.2, 0.25) is 0 Å². The van der Waals surface area contributed by atoms with Gasteiger partial charge in [-0.1, -0.05) is 44.2 Å². The summed E-state index contributed by atoms with van der Waals surface area (Å²) in [5.74, 6) is -0.393. The van der Waals surface area contributed by atoms with Gasteiger partial charge < -0.3 is 25.4 Å². The van der Waals surface area contributed by atoms with Gasteiger partial charge in [0.15, 0.2) is 0 Å². The van der Waals surface area contributed by atoms with E-state index in [-0.39, 0.29) is 13.2 Å². The number of alkyl carbamates (subject to hydrolysis) is 2. The molecule has 1 atom stereocenters. The molecule has 1 aromatic carbocycles. The van der Waals surface area contributed by atoms with Crippen molar-refractivity contribution in [1.82, 2.24) is 16.0 Å². The van der Waals surface area contributed by atoms with Gasteiger partial charge in [0.25, 0.3) is 0 Å². The Balaban J connectivity index is 2.66. The van der Waals surface area contributed by atoms with Crippen LogP contribution in [0.3, 0.4) is 0 Å². The van der Waals surface area contributed by atoms with Crippen LogP contribution in [-0.4, -0.2) is 43.3 Å². The van der Waals surface area contributed by atoms with Crippen molar-refractivity contribution in [2.24, 2.45) is 5.41 Å². The number of rotatable bonds is 7. The molecule has 3 amide bonds. The van der Waals surface area contributed by atoms with E-state index in [4.69, 9.17) is 9.47 Å². The molecule has 0 spiro atoms. The number of hydrogen-bond acceptors (Lipinski definition) is 5. The number of ether oxygens (including phenoxy) is 2. The first-order valence-corrected chi connectivity index (χ1v) is 9.10. The topological polar surface area (TPSA) is 106 Å². The Kier molecular flexibility index (Phi) is 8.28. The molecule has 1 aromatic rings. The van der Waals surface area contributed by atoms with Gasteiger partial charge in [0, 0.05) is 19.0 Å². The van der Waals surface area contributed by atoms with Crippen LogP contribution in [0.5, 0.6) is 0 Å². The summed E-state index contributed by atoms with van der Waals surface area (Å²) >= 11 is 0. The van der Waals surface area contributed by atoms with Crippen molar-refractivity contribution in [2.75, 3.05) is 13.6 Å². The number of carbonyl (C=O) groups is 3. The molecule has 1 unspecified atom stereocenters. The highest BCUT2D eigenvalue weighted by atomic mass is 16.6. The summed E-state index contributed by atoms with van der Waals surface area (Å²) in [6.45, 7) is 8.95. The van der Waals surface area contributed by atoms with Gasteiger partial charge in [-0.15, -0.1) is 0 Å². The van der Waals surface area contributed by atoms with E-state index >= 15 is 0 Å². The molecule has 0 saturated heterocycles. The molecule has 0 saturated carbocycles. The fraction of sp³-hybridized carbons (Fsp3) is 0.550. The molecule has 0 radical (unpaired) electrons. The van der Waals surface area contributed by atoms with Gasteiger partial charge in [0.1, 0.15) is 18.2 Å². The van der Waals surface area contributed by atoms with Gasteiger partial charge in [0.2, 0.25) is 5.91 Å². The molecule has 0 aliphatic carbocycles. The number of benzene rings is 1. The molecule has 0 aromatic heterocycles. The number of nitrogens with one attached hydrogen (secondary N) is 3. The van der Waals surface area contributed by atoms with E-state index in [1.807, 2.05) is 30.3 Å². The van der Waals surface area contributed by atoms with Crippen LogP contribution < -0.4 is 16.0 Å². The standard InChI is InChI=1S/C20H31N3O5/c1-19(2,3)28-18(26)23-15(16(24)21-6)20(4,5)13-22-17(25)27-12-14-10-8-7-9-11-14/h7-11,15H,12-13H2,1-6H3,(H,21,24)(H,22,25)(H,23,26). The Morgan fingerprint density at radius 2 is 1.61 bits per heavy atom. The highest BCUT2D eigenvalue weighted by molar-refractivity contribution is 5.86. The Morgan fingerprint density at radius 1 is 1.00 bits per heavy atom. The van der Waals surface area contributed by atoms with E-state index in [2.05, 4.69) is 16.0 Å². The molecule has 156 valence electrons. The van der Waals surface area contributed by atoms with Crippen molar-refractivity contribution < 1.29 is 23.9 Å². The lowest BCUT2D eigenvalue weighted by molar-refractivity contribution is -0.125. The monoisotopic (exact) mass is 393 g/mol. The van der Waals surface area contributed by atoms with Gasteiger partial charge in [-0.25, -0.2) is 9.59 Å². The average molecular weight is 393 g/mol. The van der Waals surface area contributed by atoms with E-state index in [1.54, 1.807) is 34.6 Å². The SMILES string of the molecule is CNC(=O)C(NC(=O)OC(C)(C)C)C(C)(C)CNC(=O)OCc1ccccc1. The second-order valence-electron chi connectivity index (χ2n) is 8.10. The fourth-order valence-electron chi connectivity index (χ4n) is 2.36. The highest BCUT2D eigenvalue weighted by Gasteiger charge is 2.37. The number of carbonyl (C=O) groups excluding carboxylic acids is 3. The molecule has 0 heterocycles. The predicted octanol–water partition coefficient (Wildman–Crippen LogP) is 2.58. The van der Waals surface area contributed by atoms with Crippen molar-refractivity contribution >= 4 is 18.1 Å². The zero-order valence-corrected chi connectivity index (χ0v) is 17.4. The zero-order chi connectivity index (χ0) is 21.4. The smallest absolute Gasteiger partial charge is 0.408 e. The summed E-state index contributed by atoms with van der Waals surface area (Å²) in [6, 6.07) is 8.38. The minimum Gasteiger partial charge on any atom is -0.445 e.